The molecule has 0 radical (unpaired) electrons. The quantitative estimate of drug-likeness (QED) is 0.687. The molecule has 1 unspecified atom stereocenters. The van der Waals surface area contributed by atoms with E-state index < -0.39 is 0 Å². The minimum atomic E-state index is 0.0585. The third-order valence-electron chi connectivity index (χ3n) is 3.40. The first-order valence-corrected chi connectivity index (χ1v) is 6.02. The molecule has 90 valence electrons. The highest BCUT2D eigenvalue weighted by atomic mass is 16.5. The summed E-state index contributed by atoms with van der Waals surface area (Å²) in [4.78, 5) is 12.2. The van der Waals surface area contributed by atoms with Gasteiger partial charge in [0.15, 0.2) is 5.78 Å². The molecule has 2 heteroatoms. The molecule has 1 atom stereocenters. The number of rotatable bonds is 1. The van der Waals surface area contributed by atoms with Gasteiger partial charge < -0.3 is 4.74 Å². The monoisotopic (exact) mass is 230 g/mol. The molecule has 0 aromatic heterocycles. The highest BCUT2D eigenvalue weighted by Gasteiger charge is 2.29. The SMILES string of the molecule is C=C(C)C1=CC(=O)C2=C(C(=C)O1)C(C)CCC2. The normalized spacial score (nSPS) is 24.8. The Labute approximate surface area is 102 Å². The predicted octanol–water partition coefficient (Wildman–Crippen LogP) is 3.68. The molecule has 0 amide bonds. The second-order valence-corrected chi connectivity index (χ2v) is 4.86. The molecule has 2 rings (SSSR count). The minimum absolute atomic E-state index is 0.0585. The maximum atomic E-state index is 12.2. The van der Waals surface area contributed by atoms with Crippen LogP contribution in [-0.2, 0) is 9.53 Å². The maximum Gasteiger partial charge on any atom is 0.185 e. The van der Waals surface area contributed by atoms with Crippen LogP contribution in [0.4, 0.5) is 0 Å². The van der Waals surface area contributed by atoms with Crippen molar-refractivity contribution in [1.29, 1.82) is 0 Å². The lowest BCUT2D eigenvalue weighted by Crippen LogP contribution is -2.14. The van der Waals surface area contributed by atoms with Crippen LogP contribution in [0.25, 0.3) is 0 Å². The van der Waals surface area contributed by atoms with Gasteiger partial charge in [-0.25, -0.2) is 0 Å². The van der Waals surface area contributed by atoms with Crippen molar-refractivity contribution in [3.8, 4) is 0 Å². The molecule has 0 spiro atoms. The van der Waals surface area contributed by atoms with E-state index in [0.717, 1.165) is 36.0 Å². The van der Waals surface area contributed by atoms with Crippen LogP contribution in [0, 0.1) is 5.92 Å². The molecule has 2 aliphatic rings. The number of allylic oxidation sites excluding steroid dienone is 4. The van der Waals surface area contributed by atoms with E-state index in [2.05, 4.69) is 20.1 Å². The molecule has 1 aliphatic carbocycles. The molecule has 0 aromatic rings. The highest BCUT2D eigenvalue weighted by Crippen LogP contribution is 2.38. The molecule has 1 heterocycles. The van der Waals surface area contributed by atoms with Gasteiger partial charge in [0.05, 0.1) is 0 Å². The summed E-state index contributed by atoms with van der Waals surface area (Å²) in [5.74, 6) is 1.57. The van der Waals surface area contributed by atoms with E-state index in [0.29, 0.717) is 17.4 Å². The fourth-order valence-electron chi connectivity index (χ4n) is 2.49. The van der Waals surface area contributed by atoms with Crippen LogP contribution in [-0.4, -0.2) is 5.78 Å². The average Bonchev–Trinajstić information content (AvgIpc) is 2.38. The lowest BCUT2D eigenvalue weighted by molar-refractivity contribution is -0.111. The van der Waals surface area contributed by atoms with E-state index in [4.69, 9.17) is 4.74 Å². The number of carbonyl (C=O) groups excluding carboxylic acids is 1. The summed E-state index contributed by atoms with van der Waals surface area (Å²) in [5, 5.41) is 0. The zero-order valence-corrected chi connectivity index (χ0v) is 10.5. The molecule has 0 saturated carbocycles. The Morgan fingerprint density at radius 1 is 1.53 bits per heavy atom. The van der Waals surface area contributed by atoms with Crippen LogP contribution in [0.5, 0.6) is 0 Å². The molecular weight excluding hydrogens is 212 g/mol. The van der Waals surface area contributed by atoms with Crippen molar-refractivity contribution in [2.45, 2.75) is 33.1 Å². The summed E-state index contributed by atoms with van der Waals surface area (Å²) in [6.45, 7) is 11.7. The molecule has 0 N–H and O–H groups in total. The van der Waals surface area contributed by atoms with Gasteiger partial charge in [0, 0.05) is 17.2 Å². The zero-order chi connectivity index (χ0) is 12.6. The third kappa shape index (κ3) is 2.12. The third-order valence-corrected chi connectivity index (χ3v) is 3.40. The van der Waals surface area contributed by atoms with Gasteiger partial charge >= 0.3 is 0 Å². The van der Waals surface area contributed by atoms with Gasteiger partial charge in [-0.2, -0.15) is 0 Å². The van der Waals surface area contributed by atoms with E-state index in [1.165, 1.54) is 0 Å². The zero-order valence-electron chi connectivity index (χ0n) is 10.5. The van der Waals surface area contributed by atoms with E-state index in [1.807, 2.05) is 6.92 Å². The summed E-state index contributed by atoms with van der Waals surface area (Å²) < 4.78 is 5.67. The van der Waals surface area contributed by atoms with Crippen LogP contribution in [0.15, 0.2) is 47.5 Å². The lowest BCUT2D eigenvalue weighted by atomic mass is 9.81. The van der Waals surface area contributed by atoms with Gasteiger partial charge in [-0.3, -0.25) is 4.79 Å². The number of ketones is 1. The summed E-state index contributed by atoms with van der Waals surface area (Å²) in [6.07, 6.45) is 4.54. The lowest BCUT2D eigenvalue weighted by Gasteiger charge is -2.24. The molecule has 0 bridgehead atoms. The van der Waals surface area contributed by atoms with Gasteiger partial charge in [0.25, 0.3) is 0 Å². The Balaban J connectivity index is 2.47. The molecule has 17 heavy (non-hydrogen) atoms. The van der Waals surface area contributed by atoms with Crippen molar-refractivity contribution in [3.63, 3.8) is 0 Å². The van der Waals surface area contributed by atoms with E-state index in [9.17, 15) is 4.79 Å². The number of carbonyl (C=O) groups is 1. The Hall–Kier alpha value is -1.57. The molecule has 0 aromatic carbocycles. The largest absolute Gasteiger partial charge is 0.457 e. The topological polar surface area (TPSA) is 26.3 Å². The van der Waals surface area contributed by atoms with Crippen LogP contribution in [0.2, 0.25) is 0 Å². The average molecular weight is 230 g/mol. The fraction of sp³-hybridized carbons (Fsp3) is 0.400. The summed E-state index contributed by atoms with van der Waals surface area (Å²) in [7, 11) is 0. The van der Waals surface area contributed by atoms with E-state index in [-0.39, 0.29) is 5.78 Å². The van der Waals surface area contributed by atoms with Crippen LogP contribution >= 0.6 is 0 Å². The van der Waals surface area contributed by atoms with Crippen molar-refractivity contribution >= 4 is 5.78 Å². The summed E-state index contributed by atoms with van der Waals surface area (Å²) in [6, 6.07) is 0. The first-order chi connectivity index (χ1) is 8.00. The summed E-state index contributed by atoms with van der Waals surface area (Å²) in [5.41, 5.74) is 2.64. The van der Waals surface area contributed by atoms with Crippen LogP contribution in [0.1, 0.15) is 33.1 Å². The number of ether oxygens (including phenoxy) is 1. The second-order valence-electron chi connectivity index (χ2n) is 4.86. The minimum Gasteiger partial charge on any atom is -0.457 e. The van der Waals surface area contributed by atoms with Gasteiger partial charge in [-0.15, -0.1) is 0 Å². The number of hydrogen-bond acceptors (Lipinski definition) is 2. The summed E-state index contributed by atoms with van der Waals surface area (Å²) >= 11 is 0. The first-order valence-electron chi connectivity index (χ1n) is 6.02. The fourth-order valence-corrected chi connectivity index (χ4v) is 2.49. The van der Waals surface area contributed by atoms with Crippen molar-refractivity contribution in [3.05, 3.63) is 47.5 Å². The van der Waals surface area contributed by atoms with Crippen molar-refractivity contribution < 1.29 is 9.53 Å². The van der Waals surface area contributed by atoms with Gasteiger partial charge in [0.1, 0.15) is 11.5 Å². The van der Waals surface area contributed by atoms with Gasteiger partial charge in [0.2, 0.25) is 0 Å². The van der Waals surface area contributed by atoms with Crippen LogP contribution in [0.3, 0.4) is 0 Å². The smallest absolute Gasteiger partial charge is 0.185 e. The standard InChI is InChI=1S/C15H18O2/c1-9(2)14-8-13(16)12-7-5-6-10(3)15(12)11(4)17-14/h8,10H,1,4-7H2,2-3H3. The Bertz CT molecular complexity index is 463. The molecule has 2 nitrogen and oxygen atoms in total. The van der Waals surface area contributed by atoms with Crippen LogP contribution < -0.4 is 0 Å². The van der Waals surface area contributed by atoms with Gasteiger partial charge in [-0.1, -0.05) is 20.1 Å². The van der Waals surface area contributed by atoms with Gasteiger partial charge in [-0.05, 0) is 37.7 Å². The van der Waals surface area contributed by atoms with E-state index in [1.54, 1.807) is 6.08 Å². The molecule has 0 fully saturated rings. The molecular formula is C15H18O2. The molecule has 0 saturated heterocycles. The predicted molar refractivity (Wildman–Crippen MR) is 68.2 cm³/mol. The van der Waals surface area contributed by atoms with Crippen molar-refractivity contribution in [2.75, 3.05) is 0 Å². The molecule has 1 aliphatic heterocycles. The van der Waals surface area contributed by atoms with E-state index >= 15 is 0 Å². The Morgan fingerprint density at radius 3 is 2.88 bits per heavy atom. The Morgan fingerprint density at radius 2 is 2.24 bits per heavy atom. The maximum absolute atomic E-state index is 12.2. The van der Waals surface area contributed by atoms with Crippen molar-refractivity contribution in [1.82, 2.24) is 0 Å². The number of hydrogen-bond donors (Lipinski definition) is 0. The van der Waals surface area contributed by atoms with Crippen molar-refractivity contribution in [2.24, 2.45) is 5.92 Å². The highest BCUT2D eigenvalue weighted by molar-refractivity contribution is 6.06. The second kappa shape index (κ2) is 4.36. The first kappa shape index (κ1) is 11.9. The Kier molecular flexibility index (Phi) is 3.05.